The van der Waals surface area contributed by atoms with Crippen molar-refractivity contribution in [3.8, 4) is 11.5 Å². The highest BCUT2D eigenvalue weighted by Crippen LogP contribution is 2.37. The van der Waals surface area contributed by atoms with E-state index in [0.29, 0.717) is 31.2 Å². The zero-order chi connectivity index (χ0) is 18.3. The first-order valence-electron chi connectivity index (χ1n) is 8.81. The second-order valence-electron chi connectivity index (χ2n) is 6.80. The van der Waals surface area contributed by atoms with Crippen molar-refractivity contribution in [2.24, 2.45) is 0 Å². The van der Waals surface area contributed by atoms with Gasteiger partial charge in [0.1, 0.15) is 23.9 Å². The van der Waals surface area contributed by atoms with Crippen LogP contribution in [0.2, 0.25) is 0 Å². The fourth-order valence-electron chi connectivity index (χ4n) is 3.23. The molecule has 1 aromatic heterocycles. The third-order valence-electron chi connectivity index (χ3n) is 4.52. The van der Waals surface area contributed by atoms with E-state index in [2.05, 4.69) is 14.8 Å². The number of hydrogen-bond acceptors (Lipinski definition) is 6. The molecule has 0 bridgehead atoms. The minimum Gasteiger partial charge on any atom is -0.486 e. The van der Waals surface area contributed by atoms with Crippen molar-refractivity contribution in [2.45, 2.75) is 50.1 Å². The molecule has 3 heterocycles. The van der Waals surface area contributed by atoms with E-state index in [4.69, 9.17) is 9.47 Å². The molecule has 4 rings (SSSR count). The van der Waals surface area contributed by atoms with Gasteiger partial charge in [-0.25, -0.2) is 22.8 Å². The fraction of sp³-hybridized carbons (Fsp3) is 0.529. The van der Waals surface area contributed by atoms with E-state index in [0.717, 1.165) is 18.8 Å². The van der Waals surface area contributed by atoms with Crippen LogP contribution in [0.25, 0.3) is 0 Å². The van der Waals surface area contributed by atoms with Gasteiger partial charge >= 0.3 is 0 Å². The lowest BCUT2D eigenvalue weighted by Crippen LogP contribution is -2.34. The SMILES string of the molecule is CC(C)c1nc2n(n1)CCC[C@@H]2NS(=O)(=O)c1cccc2c1OCCO2. The highest BCUT2D eigenvalue weighted by Gasteiger charge is 2.32. The molecule has 0 fully saturated rings. The molecule has 0 saturated carbocycles. The van der Waals surface area contributed by atoms with Gasteiger partial charge in [-0.05, 0) is 25.0 Å². The molecule has 0 amide bonds. The van der Waals surface area contributed by atoms with Gasteiger partial charge in [-0.1, -0.05) is 19.9 Å². The van der Waals surface area contributed by atoms with Crippen LogP contribution < -0.4 is 14.2 Å². The minimum absolute atomic E-state index is 0.0930. The van der Waals surface area contributed by atoms with Crippen LogP contribution in [0.3, 0.4) is 0 Å². The van der Waals surface area contributed by atoms with E-state index in [1.165, 1.54) is 6.07 Å². The Hall–Kier alpha value is -2.13. The topological polar surface area (TPSA) is 95.3 Å². The quantitative estimate of drug-likeness (QED) is 0.874. The lowest BCUT2D eigenvalue weighted by atomic mass is 10.1. The fourth-order valence-corrected chi connectivity index (χ4v) is 4.62. The van der Waals surface area contributed by atoms with Gasteiger partial charge < -0.3 is 9.47 Å². The molecule has 0 unspecified atom stereocenters. The number of aryl methyl sites for hydroxylation is 1. The summed E-state index contributed by atoms with van der Waals surface area (Å²) in [5, 5.41) is 4.50. The van der Waals surface area contributed by atoms with E-state index in [1.807, 2.05) is 18.5 Å². The summed E-state index contributed by atoms with van der Waals surface area (Å²) in [5.74, 6) is 2.32. The van der Waals surface area contributed by atoms with Crippen molar-refractivity contribution in [2.75, 3.05) is 13.2 Å². The lowest BCUT2D eigenvalue weighted by molar-refractivity contribution is 0.167. The molecule has 1 N–H and O–H groups in total. The molecule has 0 spiro atoms. The van der Waals surface area contributed by atoms with Crippen LogP contribution in [-0.4, -0.2) is 36.4 Å². The number of sulfonamides is 1. The number of nitrogens with zero attached hydrogens (tertiary/aromatic N) is 3. The van der Waals surface area contributed by atoms with Gasteiger partial charge in [-0.15, -0.1) is 0 Å². The van der Waals surface area contributed by atoms with Crippen molar-refractivity contribution < 1.29 is 17.9 Å². The van der Waals surface area contributed by atoms with E-state index in [9.17, 15) is 8.42 Å². The van der Waals surface area contributed by atoms with Crippen LogP contribution in [-0.2, 0) is 16.6 Å². The Kier molecular flexibility index (Phi) is 4.36. The van der Waals surface area contributed by atoms with Gasteiger partial charge in [-0.3, -0.25) is 0 Å². The molecule has 0 radical (unpaired) electrons. The Morgan fingerprint density at radius 2 is 2.08 bits per heavy atom. The first-order valence-corrected chi connectivity index (χ1v) is 10.3. The summed E-state index contributed by atoms with van der Waals surface area (Å²) in [5.41, 5.74) is 0. The van der Waals surface area contributed by atoms with Crippen LogP contribution in [0.1, 0.15) is 50.3 Å². The summed E-state index contributed by atoms with van der Waals surface area (Å²) in [6.45, 7) is 5.54. The second kappa shape index (κ2) is 6.55. The molecule has 2 aliphatic rings. The number of rotatable bonds is 4. The highest BCUT2D eigenvalue weighted by atomic mass is 32.2. The third-order valence-corrected chi connectivity index (χ3v) is 6.02. The van der Waals surface area contributed by atoms with Crippen LogP contribution in [0.5, 0.6) is 11.5 Å². The third kappa shape index (κ3) is 3.05. The number of nitrogens with one attached hydrogen (secondary N) is 1. The standard InChI is InChI=1S/C17H22N4O4S/c1-11(2)16-18-17-12(5-4-8-21(17)19-16)20-26(22,23)14-7-3-6-13-15(14)25-10-9-24-13/h3,6-7,11-12,20H,4-5,8-10H2,1-2H3/t12-/m0/s1. The maximum Gasteiger partial charge on any atom is 0.245 e. The van der Waals surface area contributed by atoms with Gasteiger partial charge in [-0.2, -0.15) is 5.10 Å². The zero-order valence-electron chi connectivity index (χ0n) is 14.8. The first kappa shape index (κ1) is 17.3. The summed E-state index contributed by atoms with van der Waals surface area (Å²) < 4.78 is 41.7. The Morgan fingerprint density at radius 1 is 1.27 bits per heavy atom. The molecule has 8 nitrogen and oxygen atoms in total. The second-order valence-corrected chi connectivity index (χ2v) is 8.48. The van der Waals surface area contributed by atoms with E-state index in [1.54, 1.807) is 12.1 Å². The molecule has 0 saturated heterocycles. The van der Waals surface area contributed by atoms with Gasteiger partial charge in [0.05, 0.1) is 6.04 Å². The highest BCUT2D eigenvalue weighted by molar-refractivity contribution is 7.89. The molecular formula is C17H22N4O4S. The van der Waals surface area contributed by atoms with E-state index in [-0.39, 0.29) is 16.6 Å². The van der Waals surface area contributed by atoms with Crippen molar-refractivity contribution in [3.63, 3.8) is 0 Å². The molecule has 2 aromatic rings. The number of benzene rings is 1. The van der Waals surface area contributed by atoms with Crippen molar-refractivity contribution in [1.29, 1.82) is 0 Å². The van der Waals surface area contributed by atoms with Crippen molar-refractivity contribution in [3.05, 3.63) is 29.8 Å². The smallest absolute Gasteiger partial charge is 0.245 e. The molecule has 9 heteroatoms. The van der Waals surface area contributed by atoms with E-state index < -0.39 is 16.1 Å². The maximum atomic E-state index is 13.0. The molecule has 26 heavy (non-hydrogen) atoms. The summed E-state index contributed by atoms with van der Waals surface area (Å²) in [6, 6.07) is 4.49. The zero-order valence-corrected chi connectivity index (χ0v) is 15.6. The van der Waals surface area contributed by atoms with Crippen LogP contribution in [0, 0.1) is 0 Å². The average Bonchev–Trinajstić information content (AvgIpc) is 3.07. The van der Waals surface area contributed by atoms with Gasteiger partial charge in [0.15, 0.2) is 17.3 Å². The number of ether oxygens (including phenoxy) is 2. The van der Waals surface area contributed by atoms with Crippen LogP contribution in [0.15, 0.2) is 23.1 Å². The Balaban J connectivity index is 1.66. The Bertz CT molecular complexity index is 923. The van der Waals surface area contributed by atoms with E-state index >= 15 is 0 Å². The molecule has 140 valence electrons. The van der Waals surface area contributed by atoms with Crippen LogP contribution >= 0.6 is 0 Å². The number of para-hydroxylation sites is 1. The predicted octanol–water partition coefficient (Wildman–Crippen LogP) is 1.99. The Morgan fingerprint density at radius 3 is 2.88 bits per heavy atom. The molecule has 2 aliphatic heterocycles. The average molecular weight is 378 g/mol. The largest absolute Gasteiger partial charge is 0.486 e. The first-order chi connectivity index (χ1) is 12.5. The minimum atomic E-state index is -3.79. The summed E-state index contributed by atoms with van der Waals surface area (Å²) in [7, 11) is -3.79. The number of fused-ring (bicyclic) bond motifs is 2. The molecule has 1 aromatic carbocycles. The summed E-state index contributed by atoms with van der Waals surface area (Å²) >= 11 is 0. The molecule has 1 atom stereocenters. The van der Waals surface area contributed by atoms with Crippen LogP contribution in [0.4, 0.5) is 0 Å². The monoisotopic (exact) mass is 378 g/mol. The van der Waals surface area contributed by atoms with Gasteiger partial charge in [0.25, 0.3) is 0 Å². The molecule has 0 aliphatic carbocycles. The number of aromatic nitrogens is 3. The molecular weight excluding hydrogens is 356 g/mol. The van der Waals surface area contributed by atoms with Gasteiger partial charge in [0.2, 0.25) is 10.0 Å². The maximum absolute atomic E-state index is 13.0. The van der Waals surface area contributed by atoms with Crippen molar-refractivity contribution in [1.82, 2.24) is 19.5 Å². The summed E-state index contributed by atoms with van der Waals surface area (Å²) in [4.78, 5) is 4.66. The normalized spacial score (nSPS) is 19.4. The number of hydrogen-bond donors (Lipinski definition) is 1. The Labute approximate surface area is 152 Å². The summed E-state index contributed by atoms with van der Waals surface area (Å²) in [6.07, 6.45) is 1.52. The predicted molar refractivity (Wildman–Crippen MR) is 93.8 cm³/mol. The van der Waals surface area contributed by atoms with Crippen molar-refractivity contribution >= 4 is 10.0 Å². The lowest BCUT2D eigenvalue weighted by Gasteiger charge is -2.25. The van der Waals surface area contributed by atoms with Gasteiger partial charge in [0, 0.05) is 12.5 Å².